The van der Waals surface area contributed by atoms with Gasteiger partial charge < -0.3 is 10.1 Å². The van der Waals surface area contributed by atoms with Gasteiger partial charge in [-0.05, 0) is 24.6 Å². The van der Waals surface area contributed by atoms with E-state index < -0.39 is 0 Å². The average molecular weight is 215 g/mol. The number of benzene rings is 1. The predicted octanol–water partition coefficient (Wildman–Crippen LogP) is 1.64. The molecule has 1 aromatic carbocycles. The molecule has 2 rings (SSSR count). The van der Waals surface area contributed by atoms with Crippen LogP contribution in [0, 0.1) is 18.3 Å². The molecule has 1 heterocycles. The summed E-state index contributed by atoms with van der Waals surface area (Å²) in [5.74, 6) is 2.51. The van der Waals surface area contributed by atoms with Crippen LogP contribution in [-0.2, 0) is 9.53 Å². The Kier molecular flexibility index (Phi) is 3.23. The predicted molar refractivity (Wildman–Crippen MR) is 61.9 cm³/mol. The lowest BCUT2D eigenvalue weighted by Crippen LogP contribution is -2.22. The highest BCUT2D eigenvalue weighted by atomic mass is 16.5. The van der Waals surface area contributed by atoms with E-state index in [4.69, 9.17) is 11.2 Å². The van der Waals surface area contributed by atoms with Crippen LogP contribution in [0.25, 0.3) is 0 Å². The first kappa shape index (κ1) is 10.7. The van der Waals surface area contributed by atoms with Crippen molar-refractivity contribution in [1.82, 2.24) is 0 Å². The second-order valence-electron chi connectivity index (χ2n) is 3.77. The van der Waals surface area contributed by atoms with Gasteiger partial charge in [0.25, 0.3) is 0 Å². The van der Waals surface area contributed by atoms with Crippen molar-refractivity contribution in [1.29, 1.82) is 0 Å². The Bertz CT molecular complexity index is 428. The van der Waals surface area contributed by atoms with E-state index in [9.17, 15) is 4.79 Å². The van der Waals surface area contributed by atoms with Crippen LogP contribution in [0.4, 0.5) is 5.69 Å². The van der Waals surface area contributed by atoms with E-state index in [2.05, 4.69) is 11.2 Å². The summed E-state index contributed by atoms with van der Waals surface area (Å²) in [6, 6.07) is 7.27. The maximum atomic E-state index is 11.8. The molecule has 1 fully saturated rings. The van der Waals surface area contributed by atoms with Crippen molar-refractivity contribution in [3.63, 3.8) is 0 Å². The van der Waals surface area contributed by atoms with Crippen LogP contribution in [0.5, 0.6) is 0 Å². The molecule has 1 amide bonds. The van der Waals surface area contributed by atoms with E-state index in [0.29, 0.717) is 13.2 Å². The summed E-state index contributed by atoms with van der Waals surface area (Å²) < 4.78 is 5.17. The Morgan fingerprint density at radius 3 is 3.12 bits per heavy atom. The summed E-state index contributed by atoms with van der Waals surface area (Å²) in [5.41, 5.74) is 1.51. The second-order valence-corrected chi connectivity index (χ2v) is 3.77. The van der Waals surface area contributed by atoms with Crippen molar-refractivity contribution in [2.75, 3.05) is 18.5 Å². The minimum Gasteiger partial charge on any atom is -0.381 e. The number of hydrogen-bond acceptors (Lipinski definition) is 2. The molecule has 0 aromatic heterocycles. The van der Waals surface area contributed by atoms with Crippen LogP contribution in [-0.4, -0.2) is 19.1 Å². The Morgan fingerprint density at radius 2 is 2.44 bits per heavy atom. The molecular formula is C13H13NO2. The third-order valence-corrected chi connectivity index (χ3v) is 2.60. The first-order valence-electron chi connectivity index (χ1n) is 5.25. The van der Waals surface area contributed by atoms with E-state index in [1.165, 1.54) is 0 Å². The normalized spacial score (nSPS) is 19.1. The van der Waals surface area contributed by atoms with Crippen LogP contribution in [0.1, 0.15) is 12.0 Å². The van der Waals surface area contributed by atoms with Crippen molar-refractivity contribution >= 4 is 11.6 Å². The summed E-state index contributed by atoms with van der Waals surface area (Å²) in [7, 11) is 0. The molecule has 1 aliphatic rings. The maximum absolute atomic E-state index is 11.8. The Balaban J connectivity index is 2.03. The zero-order chi connectivity index (χ0) is 11.4. The number of hydrogen-bond donors (Lipinski definition) is 1. The number of nitrogens with one attached hydrogen (secondary N) is 1. The van der Waals surface area contributed by atoms with Crippen molar-refractivity contribution in [3.8, 4) is 12.3 Å². The van der Waals surface area contributed by atoms with Crippen LogP contribution >= 0.6 is 0 Å². The average Bonchev–Trinajstić information content (AvgIpc) is 2.83. The Labute approximate surface area is 94.8 Å². The van der Waals surface area contributed by atoms with Crippen molar-refractivity contribution < 1.29 is 9.53 Å². The highest BCUT2D eigenvalue weighted by Crippen LogP contribution is 2.16. The molecule has 0 spiro atoms. The standard InChI is InChI=1S/C13H13NO2/c1-2-10-4-3-5-12(8-10)14-13(15)11-6-7-16-9-11/h1,3-5,8,11H,6-7,9H2,(H,14,15). The molecule has 82 valence electrons. The van der Waals surface area contributed by atoms with Gasteiger partial charge in [-0.1, -0.05) is 12.0 Å². The maximum Gasteiger partial charge on any atom is 0.229 e. The monoisotopic (exact) mass is 215 g/mol. The zero-order valence-electron chi connectivity index (χ0n) is 8.90. The fourth-order valence-electron chi connectivity index (χ4n) is 1.67. The lowest BCUT2D eigenvalue weighted by atomic mass is 10.1. The summed E-state index contributed by atoms with van der Waals surface area (Å²) in [5, 5.41) is 2.84. The molecule has 3 nitrogen and oxygen atoms in total. The van der Waals surface area contributed by atoms with Crippen LogP contribution in [0.3, 0.4) is 0 Å². The number of amides is 1. The fourth-order valence-corrected chi connectivity index (χ4v) is 1.67. The van der Waals surface area contributed by atoms with Gasteiger partial charge in [-0.25, -0.2) is 0 Å². The fraction of sp³-hybridized carbons (Fsp3) is 0.308. The highest BCUT2D eigenvalue weighted by Gasteiger charge is 2.23. The van der Waals surface area contributed by atoms with Crippen LogP contribution < -0.4 is 5.32 Å². The lowest BCUT2D eigenvalue weighted by Gasteiger charge is -2.09. The van der Waals surface area contributed by atoms with Crippen molar-refractivity contribution in [2.24, 2.45) is 5.92 Å². The Hall–Kier alpha value is -1.79. The molecule has 1 N–H and O–H groups in total. The molecule has 1 atom stereocenters. The van der Waals surface area contributed by atoms with E-state index in [1.54, 1.807) is 6.07 Å². The summed E-state index contributed by atoms with van der Waals surface area (Å²) >= 11 is 0. The molecule has 3 heteroatoms. The summed E-state index contributed by atoms with van der Waals surface area (Å²) in [4.78, 5) is 11.8. The SMILES string of the molecule is C#Cc1cccc(NC(=O)C2CCOC2)c1. The van der Waals surface area contributed by atoms with Gasteiger partial charge in [0.1, 0.15) is 0 Å². The highest BCUT2D eigenvalue weighted by molar-refractivity contribution is 5.92. The molecule has 0 aliphatic carbocycles. The second kappa shape index (κ2) is 4.82. The molecular weight excluding hydrogens is 202 g/mol. The molecule has 1 saturated heterocycles. The molecule has 0 radical (unpaired) electrons. The molecule has 0 bridgehead atoms. The molecule has 1 aliphatic heterocycles. The minimum absolute atomic E-state index is 0.00618. The van der Waals surface area contributed by atoms with E-state index in [1.807, 2.05) is 18.2 Å². The zero-order valence-corrected chi connectivity index (χ0v) is 8.90. The number of carbonyl (C=O) groups excluding carboxylic acids is 1. The van der Waals surface area contributed by atoms with Gasteiger partial charge in [0.2, 0.25) is 5.91 Å². The number of carbonyl (C=O) groups is 1. The Morgan fingerprint density at radius 1 is 1.56 bits per heavy atom. The molecule has 16 heavy (non-hydrogen) atoms. The number of terminal acetylenes is 1. The van der Waals surface area contributed by atoms with Gasteiger partial charge in [-0.15, -0.1) is 6.42 Å². The van der Waals surface area contributed by atoms with Crippen LogP contribution in [0.2, 0.25) is 0 Å². The van der Waals surface area contributed by atoms with Gasteiger partial charge in [-0.2, -0.15) is 0 Å². The van der Waals surface area contributed by atoms with Gasteiger partial charge in [0.05, 0.1) is 12.5 Å². The number of ether oxygens (including phenoxy) is 1. The molecule has 1 unspecified atom stereocenters. The largest absolute Gasteiger partial charge is 0.381 e. The molecule has 1 aromatic rings. The first-order valence-corrected chi connectivity index (χ1v) is 5.25. The van der Waals surface area contributed by atoms with Gasteiger partial charge in [0, 0.05) is 17.9 Å². The van der Waals surface area contributed by atoms with Gasteiger partial charge in [0.15, 0.2) is 0 Å². The van der Waals surface area contributed by atoms with Gasteiger partial charge >= 0.3 is 0 Å². The number of rotatable bonds is 2. The first-order chi connectivity index (χ1) is 7.79. The quantitative estimate of drug-likeness (QED) is 0.762. The lowest BCUT2D eigenvalue weighted by molar-refractivity contribution is -0.119. The van der Waals surface area contributed by atoms with Crippen molar-refractivity contribution in [3.05, 3.63) is 29.8 Å². The topological polar surface area (TPSA) is 38.3 Å². The number of anilines is 1. The third-order valence-electron chi connectivity index (χ3n) is 2.60. The molecule has 0 saturated carbocycles. The smallest absolute Gasteiger partial charge is 0.229 e. The minimum atomic E-state index is -0.0329. The summed E-state index contributed by atoms with van der Waals surface area (Å²) in [6.45, 7) is 1.18. The van der Waals surface area contributed by atoms with E-state index in [-0.39, 0.29) is 11.8 Å². The van der Waals surface area contributed by atoms with Gasteiger partial charge in [-0.3, -0.25) is 4.79 Å². The van der Waals surface area contributed by atoms with E-state index in [0.717, 1.165) is 17.7 Å². The summed E-state index contributed by atoms with van der Waals surface area (Å²) in [6.07, 6.45) is 6.08. The van der Waals surface area contributed by atoms with Crippen molar-refractivity contribution in [2.45, 2.75) is 6.42 Å². The third kappa shape index (κ3) is 2.41. The van der Waals surface area contributed by atoms with E-state index >= 15 is 0 Å². The van der Waals surface area contributed by atoms with Crippen LogP contribution in [0.15, 0.2) is 24.3 Å².